The summed E-state index contributed by atoms with van der Waals surface area (Å²) in [5.74, 6) is 0.215. The van der Waals surface area contributed by atoms with Gasteiger partial charge in [0.25, 0.3) is 0 Å². The molecule has 9 nitrogen and oxygen atoms in total. The summed E-state index contributed by atoms with van der Waals surface area (Å²) in [6.07, 6.45) is 4.85. The van der Waals surface area contributed by atoms with Crippen molar-refractivity contribution in [2.75, 3.05) is 31.1 Å². The first-order valence-corrected chi connectivity index (χ1v) is 14.0. The van der Waals surface area contributed by atoms with Gasteiger partial charge in [-0.1, -0.05) is 19.9 Å². The molecule has 1 aliphatic rings. The number of amides is 1. The highest BCUT2D eigenvalue weighted by molar-refractivity contribution is 7.13. The number of carbonyl (C=O) groups is 2. The van der Waals surface area contributed by atoms with E-state index in [2.05, 4.69) is 30.8 Å². The van der Waals surface area contributed by atoms with E-state index in [9.17, 15) is 9.59 Å². The van der Waals surface area contributed by atoms with Gasteiger partial charge in [0.1, 0.15) is 5.82 Å². The van der Waals surface area contributed by atoms with Gasteiger partial charge >= 0.3 is 0 Å². The molecule has 0 aliphatic carbocycles. The number of aromatic nitrogens is 4. The molecule has 38 heavy (non-hydrogen) atoms. The van der Waals surface area contributed by atoms with E-state index in [1.54, 1.807) is 22.0 Å². The van der Waals surface area contributed by atoms with Crippen molar-refractivity contribution < 1.29 is 9.59 Å². The third-order valence-corrected chi connectivity index (χ3v) is 8.28. The van der Waals surface area contributed by atoms with Crippen molar-refractivity contribution in [1.29, 1.82) is 0 Å². The predicted octanol–water partition coefficient (Wildman–Crippen LogP) is 4.13. The Morgan fingerprint density at radius 2 is 1.95 bits per heavy atom. The van der Waals surface area contributed by atoms with Crippen LogP contribution in [0.3, 0.4) is 0 Å². The zero-order chi connectivity index (χ0) is 26.8. The molecular weight excluding hydrogens is 498 g/mol. The molecule has 1 saturated heterocycles. The van der Waals surface area contributed by atoms with E-state index in [1.165, 1.54) is 0 Å². The fourth-order valence-electron chi connectivity index (χ4n) is 4.95. The molecule has 2 N–H and O–H groups in total. The Hall–Kier alpha value is -3.63. The summed E-state index contributed by atoms with van der Waals surface area (Å²) in [4.78, 5) is 40.2. The second kappa shape index (κ2) is 11.0. The Morgan fingerprint density at radius 1 is 1.16 bits per heavy atom. The average molecular weight is 532 g/mol. The Labute approximate surface area is 226 Å². The van der Waals surface area contributed by atoms with Gasteiger partial charge in [0.2, 0.25) is 5.91 Å². The lowest BCUT2D eigenvalue weighted by atomic mass is 9.98. The van der Waals surface area contributed by atoms with Crippen molar-refractivity contribution in [3.63, 3.8) is 0 Å². The molecule has 0 spiro atoms. The van der Waals surface area contributed by atoms with Gasteiger partial charge in [-0.15, -0.1) is 11.3 Å². The molecule has 10 heteroatoms. The number of carbonyl (C=O) groups excluding carboxylic acids is 2. The minimum atomic E-state index is -0.313. The molecule has 1 fully saturated rings. The molecule has 0 saturated carbocycles. The monoisotopic (exact) mass is 531 g/mol. The van der Waals surface area contributed by atoms with Crippen LogP contribution in [0.25, 0.3) is 27.5 Å². The average Bonchev–Trinajstić information content (AvgIpc) is 3.56. The van der Waals surface area contributed by atoms with E-state index in [0.717, 1.165) is 35.6 Å². The van der Waals surface area contributed by atoms with Gasteiger partial charge in [-0.25, -0.2) is 14.5 Å². The van der Waals surface area contributed by atoms with Crippen molar-refractivity contribution in [2.45, 2.75) is 39.7 Å². The van der Waals surface area contributed by atoms with Crippen LogP contribution >= 0.6 is 11.3 Å². The Balaban J connectivity index is 1.49. The van der Waals surface area contributed by atoms with E-state index in [1.807, 2.05) is 46.8 Å². The number of thiophene rings is 1. The van der Waals surface area contributed by atoms with Crippen LogP contribution in [-0.2, 0) is 4.79 Å². The lowest BCUT2D eigenvalue weighted by Crippen LogP contribution is -2.53. The van der Waals surface area contributed by atoms with Crippen LogP contribution in [-0.4, -0.2) is 68.4 Å². The number of rotatable bonds is 11. The molecular formula is C28H33N7O2S. The maximum absolute atomic E-state index is 13.4. The number of ketones is 1. The molecule has 1 amide bonds. The number of nitrogens with zero attached hydrogens (tertiary/aromatic N) is 6. The second-order valence-corrected chi connectivity index (χ2v) is 10.7. The quantitative estimate of drug-likeness (QED) is 0.290. The third-order valence-electron chi connectivity index (χ3n) is 7.39. The predicted molar refractivity (Wildman–Crippen MR) is 150 cm³/mol. The Morgan fingerprint density at radius 3 is 2.63 bits per heavy atom. The van der Waals surface area contributed by atoms with E-state index in [0.29, 0.717) is 48.3 Å². The lowest BCUT2D eigenvalue weighted by molar-refractivity contribution is -0.122. The number of Topliss-reactive ketones (excluding diaryl/α,β-unsaturated/α-hetero) is 1. The fourth-order valence-corrected chi connectivity index (χ4v) is 5.64. The number of nitrogens with two attached hydrogens (primary N) is 1. The molecule has 0 radical (unpaired) electrons. The minimum Gasteiger partial charge on any atom is -0.369 e. The molecule has 198 valence electrons. The highest BCUT2D eigenvalue weighted by Crippen LogP contribution is 2.31. The number of fused-ring (bicyclic) bond motifs is 1. The molecule has 5 heterocycles. The fraction of sp³-hybridized carbons (Fsp3) is 0.393. The Kier molecular flexibility index (Phi) is 7.53. The first-order chi connectivity index (χ1) is 18.4. The van der Waals surface area contributed by atoms with Crippen molar-refractivity contribution in [1.82, 2.24) is 24.5 Å². The summed E-state index contributed by atoms with van der Waals surface area (Å²) in [5, 5.41) is 6.51. The van der Waals surface area contributed by atoms with Gasteiger partial charge in [-0.05, 0) is 56.1 Å². The number of hydrogen-bond acceptors (Lipinski definition) is 8. The maximum Gasteiger partial charge on any atom is 0.224 e. The van der Waals surface area contributed by atoms with Crippen molar-refractivity contribution in [2.24, 2.45) is 11.7 Å². The third kappa shape index (κ3) is 5.19. The van der Waals surface area contributed by atoms with Crippen LogP contribution in [0.5, 0.6) is 0 Å². The number of pyridine rings is 1. The maximum atomic E-state index is 13.4. The summed E-state index contributed by atoms with van der Waals surface area (Å²) in [6.45, 7) is 9.36. The van der Waals surface area contributed by atoms with Gasteiger partial charge in [-0.3, -0.25) is 9.59 Å². The summed E-state index contributed by atoms with van der Waals surface area (Å²) in [5.41, 5.74) is 9.02. The Bertz CT molecular complexity index is 1440. The number of hydrogen-bond donors (Lipinski definition) is 1. The van der Waals surface area contributed by atoms with Gasteiger partial charge in [0, 0.05) is 37.3 Å². The van der Waals surface area contributed by atoms with Crippen LogP contribution in [0.2, 0.25) is 0 Å². The highest BCUT2D eigenvalue weighted by Gasteiger charge is 2.32. The summed E-state index contributed by atoms with van der Waals surface area (Å²) in [7, 11) is 0. The summed E-state index contributed by atoms with van der Waals surface area (Å²) in [6, 6.07) is 9.97. The van der Waals surface area contributed by atoms with Crippen molar-refractivity contribution >= 4 is 34.5 Å². The first kappa shape index (κ1) is 26.0. The van der Waals surface area contributed by atoms with Crippen molar-refractivity contribution in [3.8, 4) is 21.8 Å². The molecule has 0 bridgehead atoms. The summed E-state index contributed by atoms with van der Waals surface area (Å²) < 4.78 is 1.72. The van der Waals surface area contributed by atoms with Crippen LogP contribution in [0.4, 0.5) is 5.82 Å². The number of anilines is 1. The van der Waals surface area contributed by atoms with Crippen LogP contribution in [0.15, 0.2) is 48.1 Å². The lowest BCUT2D eigenvalue weighted by Gasteiger charge is -2.38. The normalized spacial score (nSPS) is 14.7. The zero-order valence-corrected chi connectivity index (χ0v) is 22.8. The van der Waals surface area contributed by atoms with Gasteiger partial charge < -0.3 is 15.5 Å². The summed E-state index contributed by atoms with van der Waals surface area (Å²) >= 11 is 1.63. The van der Waals surface area contributed by atoms with E-state index < -0.39 is 0 Å². The topological polar surface area (TPSA) is 110 Å². The molecule has 4 aromatic rings. The molecule has 0 unspecified atom stereocenters. The second-order valence-electron chi connectivity index (χ2n) is 9.75. The first-order valence-electron chi connectivity index (χ1n) is 13.1. The standard InChI is InChI=1S/C28H33N7O2S/c1-4-33(5-2)18(3)8-9-24(36)19-13-23(31-26(14-19)34-16-20(17-34)27(29)37)21-15-30-35-11-10-22(32-28(21)35)25-7-6-12-38-25/h6-7,10-15,18,20H,4-5,8-9,16-17H2,1-3H3,(H2,29,37)/t18-/m0/s1. The molecule has 4 aromatic heterocycles. The van der Waals surface area contributed by atoms with Gasteiger partial charge in [0.05, 0.1) is 33.9 Å². The molecule has 1 aliphatic heterocycles. The van der Waals surface area contributed by atoms with E-state index >= 15 is 0 Å². The minimum absolute atomic E-state index is 0.0737. The number of primary amides is 1. The van der Waals surface area contributed by atoms with Gasteiger partial charge in [-0.2, -0.15) is 5.10 Å². The van der Waals surface area contributed by atoms with E-state index in [4.69, 9.17) is 15.7 Å². The van der Waals surface area contributed by atoms with Crippen LogP contribution in [0.1, 0.15) is 44.0 Å². The SMILES string of the molecule is CCN(CC)[C@@H](C)CCC(=O)c1cc(-c2cnn3ccc(-c4cccs4)nc23)nc(N2CC(C(N)=O)C2)c1. The van der Waals surface area contributed by atoms with E-state index in [-0.39, 0.29) is 17.6 Å². The van der Waals surface area contributed by atoms with Crippen LogP contribution in [0, 0.1) is 5.92 Å². The molecule has 5 rings (SSSR count). The largest absolute Gasteiger partial charge is 0.369 e. The smallest absolute Gasteiger partial charge is 0.224 e. The van der Waals surface area contributed by atoms with Gasteiger partial charge in [0.15, 0.2) is 11.4 Å². The highest BCUT2D eigenvalue weighted by atomic mass is 32.1. The van der Waals surface area contributed by atoms with Crippen LogP contribution < -0.4 is 10.6 Å². The molecule has 0 aromatic carbocycles. The van der Waals surface area contributed by atoms with Crippen molar-refractivity contribution in [3.05, 3.63) is 53.7 Å². The zero-order valence-electron chi connectivity index (χ0n) is 22.0. The molecule has 1 atom stereocenters.